The standard InChI is InChI=1S/C23H21N3O2/c1-26(2)15-18-7-5-16(6-8-18)3-4-17-9-11-19(12-10-17)21-22(27)20(23(24)28)13-14-25-21/h5-14,27H,15H2,1-2H3,(H2,24,28). The van der Waals surface area contributed by atoms with Crippen molar-refractivity contribution in [3.63, 3.8) is 0 Å². The Balaban J connectivity index is 1.78. The lowest BCUT2D eigenvalue weighted by Crippen LogP contribution is -2.11. The zero-order valence-corrected chi connectivity index (χ0v) is 15.8. The Morgan fingerprint density at radius 3 is 2.11 bits per heavy atom. The van der Waals surface area contributed by atoms with Gasteiger partial charge in [0.15, 0.2) is 5.75 Å². The number of rotatable bonds is 4. The number of aromatic nitrogens is 1. The van der Waals surface area contributed by atoms with Gasteiger partial charge in [0.05, 0.1) is 5.56 Å². The number of amides is 1. The molecule has 1 aromatic heterocycles. The number of aromatic hydroxyl groups is 1. The third kappa shape index (κ3) is 4.56. The van der Waals surface area contributed by atoms with Gasteiger partial charge in [-0.1, -0.05) is 36.1 Å². The lowest BCUT2D eigenvalue weighted by Gasteiger charge is -2.08. The van der Waals surface area contributed by atoms with E-state index in [1.807, 2.05) is 38.4 Å². The van der Waals surface area contributed by atoms with Crippen LogP contribution in [0.5, 0.6) is 5.75 Å². The molecule has 0 aliphatic carbocycles. The quantitative estimate of drug-likeness (QED) is 0.691. The lowest BCUT2D eigenvalue weighted by molar-refractivity contribution is 0.0997. The molecule has 0 bridgehead atoms. The predicted octanol–water partition coefficient (Wildman–Crippen LogP) is 3.01. The minimum absolute atomic E-state index is 0.0478. The fraction of sp³-hybridized carbons (Fsp3) is 0.130. The second-order valence-corrected chi connectivity index (χ2v) is 6.68. The van der Waals surface area contributed by atoms with Crippen LogP contribution in [0.1, 0.15) is 27.0 Å². The molecular formula is C23H21N3O2. The van der Waals surface area contributed by atoms with Gasteiger partial charge in [-0.2, -0.15) is 0 Å². The van der Waals surface area contributed by atoms with Crippen molar-refractivity contribution in [1.82, 2.24) is 9.88 Å². The molecule has 0 unspecified atom stereocenters. The summed E-state index contributed by atoms with van der Waals surface area (Å²) < 4.78 is 0. The normalized spacial score (nSPS) is 10.4. The molecule has 2 aromatic carbocycles. The summed E-state index contributed by atoms with van der Waals surface area (Å²) in [7, 11) is 4.08. The fourth-order valence-electron chi connectivity index (χ4n) is 2.78. The summed E-state index contributed by atoms with van der Waals surface area (Å²) in [6.07, 6.45) is 1.45. The third-order valence-corrected chi connectivity index (χ3v) is 4.15. The molecule has 0 aliphatic rings. The Morgan fingerprint density at radius 2 is 1.57 bits per heavy atom. The lowest BCUT2D eigenvalue weighted by atomic mass is 10.1. The molecule has 1 heterocycles. The van der Waals surface area contributed by atoms with E-state index in [9.17, 15) is 9.90 Å². The molecular weight excluding hydrogens is 350 g/mol. The van der Waals surface area contributed by atoms with Crippen LogP contribution in [0.2, 0.25) is 0 Å². The van der Waals surface area contributed by atoms with Crippen LogP contribution < -0.4 is 5.73 Å². The SMILES string of the molecule is CN(C)Cc1ccc(C#Cc2ccc(-c3nccc(C(N)=O)c3O)cc2)cc1. The first-order valence-electron chi connectivity index (χ1n) is 8.78. The van der Waals surface area contributed by atoms with E-state index in [-0.39, 0.29) is 11.3 Å². The first kappa shape index (κ1) is 19.2. The zero-order valence-electron chi connectivity index (χ0n) is 15.8. The molecule has 5 heteroatoms. The van der Waals surface area contributed by atoms with E-state index in [4.69, 9.17) is 5.73 Å². The smallest absolute Gasteiger partial charge is 0.252 e. The third-order valence-electron chi connectivity index (χ3n) is 4.15. The Bertz CT molecular complexity index is 1040. The van der Waals surface area contributed by atoms with Crippen LogP contribution in [-0.4, -0.2) is 35.0 Å². The molecule has 0 atom stereocenters. The molecule has 0 radical (unpaired) electrons. The van der Waals surface area contributed by atoms with Gasteiger partial charge < -0.3 is 15.7 Å². The summed E-state index contributed by atoms with van der Waals surface area (Å²) in [6.45, 7) is 0.896. The molecule has 3 N–H and O–H groups in total. The zero-order chi connectivity index (χ0) is 20.1. The number of pyridine rings is 1. The van der Waals surface area contributed by atoms with E-state index >= 15 is 0 Å². The Hall–Kier alpha value is -3.62. The topological polar surface area (TPSA) is 79.5 Å². The van der Waals surface area contributed by atoms with Crippen LogP contribution in [0.15, 0.2) is 60.8 Å². The second-order valence-electron chi connectivity index (χ2n) is 6.68. The first-order valence-corrected chi connectivity index (χ1v) is 8.78. The van der Waals surface area contributed by atoms with E-state index in [0.717, 1.165) is 17.7 Å². The summed E-state index contributed by atoms with van der Waals surface area (Å²) in [5.74, 6) is 5.36. The van der Waals surface area contributed by atoms with E-state index in [0.29, 0.717) is 11.3 Å². The van der Waals surface area contributed by atoms with Crippen LogP contribution in [-0.2, 0) is 6.54 Å². The molecule has 0 fully saturated rings. The van der Waals surface area contributed by atoms with Gasteiger partial charge in [0.1, 0.15) is 5.69 Å². The van der Waals surface area contributed by atoms with Crippen LogP contribution in [0.3, 0.4) is 0 Å². The summed E-state index contributed by atoms with van der Waals surface area (Å²) in [5, 5.41) is 10.2. The number of nitrogens with two attached hydrogens (primary N) is 1. The van der Waals surface area contributed by atoms with Crippen LogP contribution in [0, 0.1) is 11.8 Å². The van der Waals surface area contributed by atoms with Crippen LogP contribution in [0.4, 0.5) is 0 Å². The predicted molar refractivity (Wildman–Crippen MR) is 110 cm³/mol. The molecule has 140 valence electrons. The van der Waals surface area contributed by atoms with Crippen molar-refractivity contribution < 1.29 is 9.90 Å². The summed E-state index contributed by atoms with van der Waals surface area (Å²) in [5.41, 5.74) is 9.33. The highest BCUT2D eigenvalue weighted by atomic mass is 16.3. The molecule has 0 aliphatic heterocycles. The molecule has 3 rings (SSSR count). The van der Waals surface area contributed by atoms with Gasteiger partial charge in [-0.15, -0.1) is 0 Å². The summed E-state index contributed by atoms with van der Waals surface area (Å²) in [4.78, 5) is 17.6. The van der Waals surface area contributed by atoms with Crippen LogP contribution in [0.25, 0.3) is 11.3 Å². The fourth-order valence-corrected chi connectivity index (χ4v) is 2.78. The van der Waals surface area contributed by atoms with Gasteiger partial charge in [0.2, 0.25) is 0 Å². The maximum Gasteiger partial charge on any atom is 0.252 e. The molecule has 0 saturated heterocycles. The van der Waals surface area contributed by atoms with Gasteiger partial charge in [-0.05, 0) is 50.0 Å². The van der Waals surface area contributed by atoms with Gasteiger partial charge in [0, 0.05) is 29.4 Å². The average molecular weight is 371 g/mol. The Kier molecular flexibility index (Phi) is 5.73. The average Bonchev–Trinajstić information content (AvgIpc) is 2.67. The minimum Gasteiger partial charge on any atom is -0.505 e. The highest BCUT2D eigenvalue weighted by Crippen LogP contribution is 2.29. The number of benzene rings is 2. The maximum absolute atomic E-state index is 11.4. The highest BCUT2D eigenvalue weighted by Gasteiger charge is 2.13. The van der Waals surface area contributed by atoms with Crippen molar-refractivity contribution in [2.24, 2.45) is 5.73 Å². The minimum atomic E-state index is -0.694. The number of hydrogen-bond acceptors (Lipinski definition) is 4. The molecule has 0 spiro atoms. The molecule has 28 heavy (non-hydrogen) atoms. The van der Waals surface area contributed by atoms with Gasteiger partial charge in [-0.25, -0.2) is 0 Å². The highest BCUT2D eigenvalue weighted by molar-refractivity contribution is 5.97. The van der Waals surface area contributed by atoms with E-state index in [1.54, 1.807) is 12.1 Å². The maximum atomic E-state index is 11.4. The van der Waals surface area contributed by atoms with Crippen molar-refractivity contribution in [3.8, 4) is 28.8 Å². The number of hydrogen-bond donors (Lipinski definition) is 2. The molecule has 5 nitrogen and oxygen atoms in total. The molecule has 3 aromatic rings. The molecule has 0 saturated carbocycles. The van der Waals surface area contributed by atoms with Crippen molar-refractivity contribution >= 4 is 5.91 Å². The van der Waals surface area contributed by atoms with Crippen molar-refractivity contribution in [2.75, 3.05) is 14.1 Å². The molecule has 1 amide bonds. The number of nitrogens with zero attached hydrogens (tertiary/aromatic N) is 2. The van der Waals surface area contributed by atoms with E-state index in [2.05, 4.69) is 33.9 Å². The van der Waals surface area contributed by atoms with Gasteiger partial charge in [-0.3, -0.25) is 9.78 Å². The largest absolute Gasteiger partial charge is 0.505 e. The number of carbonyl (C=O) groups is 1. The summed E-state index contributed by atoms with van der Waals surface area (Å²) in [6, 6.07) is 16.9. The number of primary amides is 1. The second kappa shape index (κ2) is 8.38. The van der Waals surface area contributed by atoms with Gasteiger partial charge >= 0.3 is 0 Å². The number of carbonyl (C=O) groups excluding carboxylic acids is 1. The van der Waals surface area contributed by atoms with Crippen molar-refractivity contribution in [2.45, 2.75) is 6.54 Å². The monoisotopic (exact) mass is 371 g/mol. The van der Waals surface area contributed by atoms with Crippen molar-refractivity contribution in [3.05, 3.63) is 83.0 Å². The van der Waals surface area contributed by atoms with E-state index < -0.39 is 5.91 Å². The van der Waals surface area contributed by atoms with Crippen molar-refractivity contribution in [1.29, 1.82) is 0 Å². The summed E-state index contributed by atoms with van der Waals surface area (Å²) >= 11 is 0. The van der Waals surface area contributed by atoms with E-state index in [1.165, 1.54) is 17.8 Å². The first-order chi connectivity index (χ1) is 13.4. The Morgan fingerprint density at radius 1 is 1.00 bits per heavy atom. The van der Waals surface area contributed by atoms with Crippen LogP contribution >= 0.6 is 0 Å². The Labute approximate surface area is 164 Å². The van der Waals surface area contributed by atoms with Gasteiger partial charge in [0.25, 0.3) is 5.91 Å².